The van der Waals surface area contributed by atoms with E-state index in [0.717, 1.165) is 37.5 Å². The Balaban J connectivity index is 1.31. The number of hydrogen-bond donors (Lipinski definition) is 1. The second-order valence-electron chi connectivity index (χ2n) is 5.87. The molecule has 1 aromatic heterocycles. The van der Waals surface area contributed by atoms with Crippen molar-refractivity contribution in [2.24, 2.45) is 0 Å². The normalized spacial score (nSPS) is 17.1. The number of rotatable bonds is 5. The van der Waals surface area contributed by atoms with Crippen molar-refractivity contribution in [3.05, 3.63) is 54.6 Å². The second kappa shape index (κ2) is 6.38. The van der Waals surface area contributed by atoms with Crippen molar-refractivity contribution in [1.82, 2.24) is 20.1 Å². The van der Waals surface area contributed by atoms with Gasteiger partial charge in [0.15, 0.2) is 0 Å². The molecule has 1 aliphatic heterocycles. The van der Waals surface area contributed by atoms with Gasteiger partial charge in [-0.2, -0.15) is 5.10 Å². The van der Waals surface area contributed by atoms with Gasteiger partial charge in [-0.1, -0.05) is 36.4 Å². The van der Waals surface area contributed by atoms with Crippen molar-refractivity contribution in [1.29, 1.82) is 0 Å². The summed E-state index contributed by atoms with van der Waals surface area (Å²) >= 11 is 0. The van der Waals surface area contributed by atoms with Crippen molar-refractivity contribution >= 4 is 10.8 Å². The first-order valence-electron chi connectivity index (χ1n) is 8.11. The third-order valence-electron chi connectivity index (χ3n) is 4.35. The highest BCUT2D eigenvalue weighted by Gasteiger charge is 2.18. The topological polar surface area (TPSA) is 52.0 Å². The minimum absolute atomic E-state index is 0.445. The van der Waals surface area contributed by atoms with Gasteiger partial charge in [-0.05, 0) is 17.9 Å². The second-order valence-corrected chi connectivity index (χ2v) is 5.87. The summed E-state index contributed by atoms with van der Waals surface area (Å²) in [6, 6.07) is 14.9. The lowest BCUT2D eigenvalue weighted by molar-refractivity contribution is 0.288. The Morgan fingerprint density at radius 3 is 3.09 bits per heavy atom. The van der Waals surface area contributed by atoms with Gasteiger partial charge in [0.1, 0.15) is 24.5 Å². The Hall–Kier alpha value is -2.40. The standard InChI is InChI=1S/C18H20N4O/c1-2-6-16-14(4-1)5-3-7-17(16)23-11-10-19-15-8-9-18-20-13-21-22(18)12-15/h1-7,13,15,19H,8-12H2/t15-/m0/s1. The number of nitrogens with zero attached hydrogens (tertiary/aromatic N) is 3. The van der Waals surface area contributed by atoms with Crippen molar-refractivity contribution in [3.63, 3.8) is 0 Å². The highest BCUT2D eigenvalue weighted by Crippen LogP contribution is 2.24. The number of benzene rings is 2. The van der Waals surface area contributed by atoms with Gasteiger partial charge >= 0.3 is 0 Å². The maximum absolute atomic E-state index is 5.97. The average Bonchev–Trinajstić information content (AvgIpc) is 3.06. The first-order chi connectivity index (χ1) is 11.4. The molecule has 0 radical (unpaired) electrons. The van der Waals surface area contributed by atoms with E-state index >= 15 is 0 Å². The summed E-state index contributed by atoms with van der Waals surface area (Å²) in [6.07, 6.45) is 3.73. The molecule has 0 saturated carbocycles. The molecule has 0 fully saturated rings. The van der Waals surface area contributed by atoms with Crippen LogP contribution >= 0.6 is 0 Å². The number of nitrogens with one attached hydrogen (secondary N) is 1. The van der Waals surface area contributed by atoms with Gasteiger partial charge in [0.25, 0.3) is 0 Å². The minimum atomic E-state index is 0.445. The molecule has 0 spiro atoms. The maximum atomic E-state index is 5.97. The monoisotopic (exact) mass is 308 g/mol. The lowest BCUT2D eigenvalue weighted by Crippen LogP contribution is -2.39. The van der Waals surface area contributed by atoms with E-state index in [0.29, 0.717) is 12.6 Å². The molecule has 0 saturated heterocycles. The fraction of sp³-hybridized carbons (Fsp3) is 0.333. The van der Waals surface area contributed by atoms with Gasteiger partial charge in [0.05, 0.1) is 6.54 Å². The number of ether oxygens (including phenoxy) is 1. The molecule has 1 aliphatic rings. The quantitative estimate of drug-likeness (QED) is 0.736. The lowest BCUT2D eigenvalue weighted by Gasteiger charge is -2.23. The molecule has 0 unspecified atom stereocenters. The number of hydrogen-bond acceptors (Lipinski definition) is 4. The van der Waals surface area contributed by atoms with Gasteiger partial charge in [-0.15, -0.1) is 0 Å². The summed E-state index contributed by atoms with van der Waals surface area (Å²) in [5.41, 5.74) is 0. The highest BCUT2D eigenvalue weighted by atomic mass is 16.5. The molecule has 2 heterocycles. The number of aromatic nitrogens is 3. The summed E-state index contributed by atoms with van der Waals surface area (Å²) in [4.78, 5) is 4.26. The molecule has 5 nitrogen and oxygen atoms in total. The highest BCUT2D eigenvalue weighted by molar-refractivity contribution is 5.88. The summed E-state index contributed by atoms with van der Waals surface area (Å²) in [5.74, 6) is 2.04. The summed E-state index contributed by atoms with van der Waals surface area (Å²) in [7, 11) is 0. The molecular formula is C18H20N4O. The van der Waals surface area contributed by atoms with E-state index in [2.05, 4.69) is 39.7 Å². The van der Waals surface area contributed by atoms with Crippen LogP contribution in [0.2, 0.25) is 0 Å². The molecule has 2 aromatic carbocycles. The van der Waals surface area contributed by atoms with Crippen LogP contribution in [0.3, 0.4) is 0 Å². The Labute approximate surface area is 135 Å². The molecular weight excluding hydrogens is 288 g/mol. The van der Waals surface area contributed by atoms with Crippen molar-refractivity contribution in [2.75, 3.05) is 13.2 Å². The summed E-state index contributed by atoms with van der Waals surface area (Å²) < 4.78 is 7.96. The third-order valence-corrected chi connectivity index (χ3v) is 4.35. The number of aryl methyl sites for hydroxylation is 1. The van der Waals surface area contributed by atoms with E-state index < -0.39 is 0 Å². The number of fused-ring (bicyclic) bond motifs is 2. The molecule has 0 aliphatic carbocycles. The Kier molecular flexibility index (Phi) is 3.94. The average molecular weight is 308 g/mol. The van der Waals surface area contributed by atoms with Crippen LogP contribution in [-0.2, 0) is 13.0 Å². The largest absolute Gasteiger partial charge is 0.492 e. The van der Waals surface area contributed by atoms with Crippen molar-refractivity contribution in [3.8, 4) is 5.75 Å². The minimum Gasteiger partial charge on any atom is -0.492 e. The lowest BCUT2D eigenvalue weighted by atomic mass is 10.1. The van der Waals surface area contributed by atoms with E-state index in [1.54, 1.807) is 6.33 Å². The van der Waals surface area contributed by atoms with Crippen LogP contribution in [0.4, 0.5) is 0 Å². The Morgan fingerprint density at radius 1 is 1.17 bits per heavy atom. The smallest absolute Gasteiger partial charge is 0.138 e. The van der Waals surface area contributed by atoms with Crippen LogP contribution in [0, 0.1) is 0 Å². The van der Waals surface area contributed by atoms with E-state index in [1.807, 2.05) is 22.9 Å². The van der Waals surface area contributed by atoms with Crippen molar-refractivity contribution in [2.45, 2.75) is 25.4 Å². The van der Waals surface area contributed by atoms with Crippen LogP contribution in [-0.4, -0.2) is 34.0 Å². The zero-order valence-electron chi connectivity index (χ0n) is 13.0. The molecule has 5 heteroatoms. The van der Waals surface area contributed by atoms with Crippen LogP contribution in [0.15, 0.2) is 48.8 Å². The van der Waals surface area contributed by atoms with Gasteiger partial charge in [-0.3, -0.25) is 0 Å². The molecule has 118 valence electrons. The molecule has 1 atom stereocenters. The zero-order chi connectivity index (χ0) is 15.5. The molecule has 1 N–H and O–H groups in total. The Bertz CT molecular complexity index is 793. The predicted octanol–water partition coefficient (Wildman–Crippen LogP) is 2.41. The molecule has 4 rings (SSSR count). The van der Waals surface area contributed by atoms with Crippen LogP contribution < -0.4 is 10.1 Å². The first-order valence-corrected chi connectivity index (χ1v) is 8.11. The van der Waals surface area contributed by atoms with Gasteiger partial charge in [-0.25, -0.2) is 9.67 Å². The molecule has 0 bridgehead atoms. The van der Waals surface area contributed by atoms with Gasteiger partial charge < -0.3 is 10.1 Å². The fourth-order valence-electron chi connectivity index (χ4n) is 3.15. The van der Waals surface area contributed by atoms with Crippen LogP contribution in [0.5, 0.6) is 5.75 Å². The van der Waals surface area contributed by atoms with Crippen LogP contribution in [0.25, 0.3) is 10.8 Å². The van der Waals surface area contributed by atoms with E-state index in [1.165, 1.54) is 10.8 Å². The maximum Gasteiger partial charge on any atom is 0.138 e. The zero-order valence-corrected chi connectivity index (χ0v) is 13.0. The van der Waals surface area contributed by atoms with E-state index in [4.69, 9.17) is 4.74 Å². The van der Waals surface area contributed by atoms with Gasteiger partial charge in [0, 0.05) is 24.4 Å². The Morgan fingerprint density at radius 2 is 2.09 bits per heavy atom. The third kappa shape index (κ3) is 3.05. The summed E-state index contributed by atoms with van der Waals surface area (Å²) in [5, 5.41) is 10.2. The van der Waals surface area contributed by atoms with Crippen LogP contribution in [0.1, 0.15) is 12.2 Å². The van der Waals surface area contributed by atoms with Crippen molar-refractivity contribution < 1.29 is 4.74 Å². The van der Waals surface area contributed by atoms with E-state index in [-0.39, 0.29) is 0 Å². The fourth-order valence-corrected chi connectivity index (χ4v) is 3.15. The SMILES string of the molecule is c1ccc2c(OCCN[C@H]3CCc4ncnn4C3)cccc2c1. The molecule has 23 heavy (non-hydrogen) atoms. The molecule has 0 amide bonds. The first kappa shape index (κ1) is 14.2. The molecule has 3 aromatic rings. The van der Waals surface area contributed by atoms with E-state index in [9.17, 15) is 0 Å². The summed E-state index contributed by atoms with van der Waals surface area (Å²) in [6.45, 7) is 2.39. The predicted molar refractivity (Wildman–Crippen MR) is 89.6 cm³/mol. The van der Waals surface area contributed by atoms with Gasteiger partial charge in [0.2, 0.25) is 0 Å².